The van der Waals surface area contributed by atoms with Gasteiger partial charge in [0.1, 0.15) is 35.4 Å². The van der Waals surface area contributed by atoms with Crippen molar-refractivity contribution in [2.45, 2.75) is 44.4 Å². The number of nitrogens with zero attached hydrogens (tertiary/aromatic N) is 1. The molecular formula is C29H33NO4. The highest BCUT2D eigenvalue weighted by Gasteiger charge is 2.25. The summed E-state index contributed by atoms with van der Waals surface area (Å²) < 4.78 is 12.2. The molecule has 34 heavy (non-hydrogen) atoms. The molecule has 2 N–H and O–H groups in total. The van der Waals surface area contributed by atoms with Crippen LogP contribution in [-0.4, -0.2) is 41.4 Å². The topological polar surface area (TPSA) is 62.2 Å². The van der Waals surface area contributed by atoms with Crippen LogP contribution in [0.25, 0.3) is 0 Å². The molecule has 1 aliphatic heterocycles. The van der Waals surface area contributed by atoms with Crippen LogP contribution >= 0.6 is 0 Å². The van der Waals surface area contributed by atoms with E-state index in [0.29, 0.717) is 18.3 Å². The number of hydrogen-bond donors (Lipinski definition) is 2. The number of benzene rings is 3. The Balaban J connectivity index is 1.24. The molecule has 3 aromatic rings. The summed E-state index contributed by atoms with van der Waals surface area (Å²) in [6.45, 7) is 4.03. The Morgan fingerprint density at radius 2 is 1.53 bits per heavy atom. The van der Waals surface area contributed by atoms with Gasteiger partial charge >= 0.3 is 0 Å². The second-order valence-electron chi connectivity index (χ2n) is 9.40. The van der Waals surface area contributed by atoms with Gasteiger partial charge in [-0.05, 0) is 105 Å². The summed E-state index contributed by atoms with van der Waals surface area (Å²) in [4.78, 5) is 2.47. The monoisotopic (exact) mass is 459 g/mol. The summed E-state index contributed by atoms with van der Waals surface area (Å²) in [6.07, 6.45) is 6.49. The second kappa shape index (κ2) is 10.4. The van der Waals surface area contributed by atoms with Gasteiger partial charge in [0.05, 0.1) is 0 Å². The van der Waals surface area contributed by atoms with Crippen molar-refractivity contribution in [3.8, 4) is 28.7 Å². The van der Waals surface area contributed by atoms with Crippen LogP contribution in [0.3, 0.4) is 0 Å². The van der Waals surface area contributed by atoms with Gasteiger partial charge < -0.3 is 19.7 Å². The van der Waals surface area contributed by atoms with Crippen LogP contribution < -0.4 is 9.47 Å². The van der Waals surface area contributed by atoms with Crippen LogP contribution in [0.1, 0.15) is 48.3 Å². The summed E-state index contributed by atoms with van der Waals surface area (Å²) in [7, 11) is 0. The minimum atomic E-state index is 0.278. The molecule has 0 aromatic heterocycles. The predicted octanol–water partition coefficient (Wildman–Crippen LogP) is 6.03. The molecule has 178 valence electrons. The lowest BCUT2D eigenvalue weighted by Crippen LogP contribution is -2.33. The van der Waals surface area contributed by atoms with E-state index in [1.165, 1.54) is 37.9 Å². The summed E-state index contributed by atoms with van der Waals surface area (Å²) >= 11 is 0. The maximum Gasteiger partial charge on any atom is 0.131 e. The van der Waals surface area contributed by atoms with Gasteiger partial charge in [0.25, 0.3) is 0 Å². The van der Waals surface area contributed by atoms with Crippen LogP contribution in [0, 0.1) is 0 Å². The van der Waals surface area contributed by atoms with E-state index in [4.69, 9.17) is 9.47 Å². The SMILES string of the molecule is Oc1ccc(C2CCc3c(O)ccc(Oc4ccc(OCCN5CCCCC5)cc4)c3C2)cc1. The zero-order valence-corrected chi connectivity index (χ0v) is 19.6. The van der Waals surface area contributed by atoms with E-state index in [0.717, 1.165) is 54.2 Å². The fourth-order valence-corrected chi connectivity index (χ4v) is 5.16. The lowest BCUT2D eigenvalue weighted by Gasteiger charge is -2.27. The zero-order chi connectivity index (χ0) is 23.3. The lowest BCUT2D eigenvalue weighted by atomic mass is 9.79. The molecule has 5 rings (SSSR count). The molecule has 0 spiro atoms. The number of hydrogen-bond acceptors (Lipinski definition) is 5. The average Bonchev–Trinajstić information content (AvgIpc) is 2.88. The van der Waals surface area contributed by atoms with E-state index < -0.39 is 0 Å². The Morgan fingerprint density at radius 1 is 0.794 bits per heavy atom. The van der Waals surface area contributed by atoms with E-state index >= 15 is 0 Å². The molecule has 5 heteroatoms. The molecular weight excluding hydrogens is 426 g/mol. The van der Waals surface area contributed by atoms with E-state index in [9.17, 15) is 10.2 Å². The molecule has 1 fully saturated rings. The quantitative estimate of drug-likeness (QED) is 0.452. The molecule has 1 unspecified atom stereocenters. The first kappa shape index (κ1) is 22.6. The number of rotatable bonds is 7. The lowest BCUT2D eigenvalue weighted by molar-refractivity contribution is 0.183. The maximum atomic E-state index is 10.4. The molecule has 0 radical (unpaired) electrons. The fourth-order valence-electron chi connectivity index (χ4n) is 5.16. The first-order valence-corrected chi connectivity index (χ1v) is 12.4. The highest BCUT2D eigenvalue weighted by molar-refractivity contribution is 5.52. The summed E-state index contributed by atoms with van der Waals surface area (Å²) in [6, 6.07) is 18.8. The van der Waals surface area contributed by atoms with Crippen LogP contribution in [0.5, 0.6) is 28.7 Å². The third-order valence-corrected chi connectivity index (χ3v) is 7.10. The first-order chi connectivity index (χ1) is 16.7. The van der Waals surface area contributed by atoms with Crippen LogP contribution in [0.4, 0.5) is 0 Å². The third-order valence-electron chi connectivity index (χ3n) is 7.10. The van der Waals surface area contributed by atoms with Gasteiger partial charge in [0.15, 0.2) is 0 Å². The number of piperidine rings is 1. The summed E-state index contributed by atoms with van der Waals surface area (Å²) in [5, 5.41) is 20.1. The minimum absolute atomic E-state index is 0.278. The van der Waals surface area contributed by atoms with Crippen LogP contribution in [-0.2, 0) is 12.8 Å². The fraction of sp³-hybridized carbons (Fsp3) is 0.379. The first-order valence-electron chi connectivity index (χ1n) is 12.4. The molecule has 3 aromatic carbocycles. The molecule has 0 bridgehead atoms. The van der Waals surface area contributed by atoms with Crippen LogP contribution in [0.15, 0.2) is 60.7 Å². The summed E-state index contributed by atoms with van der Waals surface area (Å²) in [5.74, 6) is 3.33. The predicted molar refractivity (Wildman–Crippen MR) is 133 cm³/mol. The Kier molecular flexibility index (Phi) is 6.91. The Hall–Kier alpha value is -3.18. The molecule has 2 aliphatic rings. The second-order valence-corrected chi connectivity index (χ2v) is 9.40. The van der Waals surface area contributed by atoms with Crippen molar-refractivity contribution < 1.29 is 19.7 Å². The van der Waals surface area contributed by atoms with E-state index in [-0.39, 0.29) is 5.75 Å². The zero-order valence-electron chi connectivity index (χ0n) is 19.6. The van der Waals surface area contributed by atoms with Crippen molar-refractivity contribution in [1.29, 1.82) is 0 Å². The van der Waals surface area contributed by atoms with Crippen molar-refractivity contribution in [3.63, 3.8) is 0 Å². The standard InChI is InChI=1S/C29H33NO4/c31-23-7-4-21(5-8-23)22-6-13-26-27(20-22)29(15-14-28(26)32)34-25-11-9-24(10-12-25)33-19-18-30-16-2-1-3-17-30/h4-5,7-12,14-15,22,31-32H,1-3,6,13,16-20H2. The smallest absolute Gasteiger partial charge is 0.131 e. The van der Waals surface area contributed by atoms with Crippen molar-refractivity contribution in [3.05, 3.63) is 77.4 Å². The normalized spacial score (nSPS) is 18.3. The van der Waals surface area contributed by atoms with Gasteiger partial charge in [-0.1, -0.05) is 18.6 Å². The molecule has 1 atom stereocenters. The molecule has 1 aliphatic carbocycles. The number of phenolic OH excluding ortho intramolecular Hbond substituents is 2. The highest BCUT2D eigenvalue weighted by atomic mass is 16.5. The van der Waals surface area contributed by atoms with Gasteiger partial charge in [-0.2, -0.15) is 0 Å². The maximum absolute atomic E-state index is 10.4. The number of aromatic hydroxyl groups is 2. The number of phenols is 2. The molecule has 0 saturated carbocycles. The molecule has 1 heterocycles. The van der Waals surface area contributed by atoms with Gasteiger partial charge in [-0.25, -0.2) is 0 Å². The number of ether oxygens (including phenoxy) is 2. The number of likely N-dealkylation sites (tertiary alicyclic amines) is 1. The van der Waals surface area contributed by atoms with Crippen LogP contribution in [0.2, 0.25) is 0 Å². The summed E-state index contributed by atoms with van der Waals surface area (Å²) in [5.41, 5.74) is 3.24. The van der Waals surface area contributed by atoms with Gasteiger partial charge in [0.2, 0.25) is 0 Å². The number of fused-ring (bicyclic) bond motifs is 1. The molecule has 0 amide bonds. The van der Waals surface area contributed by atoms with E-state index in [1.807, 2.05) is 42.5 Å². The molecule has 1 saturated heterocycles. The van der Waals surface area contributed by atoms with E-state index in [1.54, 1.807) is 18.2 Å². The highest BCUT2D eigenvalue weighted by Crippen LogP contribution is 2.42. The van der Waals surface area contributed by atoms with Crippen molar-refractivity contribution >= 4 is 0 Å². The Bertz CT molecular complexity index is 1090. The van der Waals surface area contributed by atoms with E-state index in [2.05, 4.69) is 4.90 Å². The average molecular weight is 460 g/mol. The third kappa shape index (κ3) is 5.31. The Labute approximate surface area is 201 Å². The van der Waals surface area contributed by atoms with Gasteiger partial charge in [0, 0.05) is 17.7 Å². The minimum Gasteiger partial charge on any atom is -0.508 e. The van der Waals surface area contributed by atoms with Gasteiger partial charge in [-0.15, -0.1) is 0 Å². The Morgan fingerprint density at radius 3 is 2.29 bits per heavy atom. The largest absolute Gasteiger partial charge is 0.508 e. The van der Waals surface area contributed by atoms with Crippen molar-refractivity contribution in [2.24, 2.45) is 0 Å². The molecule has 5 nitrogen and oxygen atoms in total. The van der Waals surface area contributed by atoms with Gasteiger partial charge in [-0.3, -0.25) is 4.90 Å². The van der Waals surface area contributed by atoms with Crippen molar-refractivity contribution in [1.82, 2.24) is 4.90 Å². The van der Waals surface area contributed by atoms with Crippen molar-refractivity contribution in [2.75, 3.05) is 26.2 Å².